The van der Waals surface area contributed by atoms with Gasteiger partial charge < -0.3 is 34.8 Å². The number of aliphatic carboxylic acids is 3. The van der Waals surface area contributed by atoms with E-state index in [9.17, 15) is 63.3 Å². The number of likely N-dealkylation sites (tertiary alicyclic amines) is 1. The minimum Gasteiger partial charge on any atom is -0.481 e. The molecule has 4 N–H and O–H groups in total. The van der Waals surface area contributed by atoms with Crippen LogP contribution in [0.4, 0.5) is 0 Å². The zero-order valence-corrected chi connectivity index (χ0v) is 54.8. The number of amides is 3. The van der Waals surface area contributed by atoms with E-state index in [1.54, 1.807) is 100 Å². The zero-order chi connectivity index (χ0) is 67.1. The molecule has 10 atom stereocenters. The highest BCUT2D eigenvalue weighted by molar-refractivity contribution is 6.13. The van der Waals surface area contributed by atoms with Crippen molar-refractivity contribution in [1.82, 2.24) is 10.2 Å². The van der Waals surface area contributed by atoms with Gasteiger partial charge in [-0.15, -0.1) is 0 Å². The van der Waals surface area contributed by atoms with Crippen LogP contribution in [-0.2, 0) is 57.4 Å². The second kappa shape index (κ2) is 29.0. The molecule has 0 bridgehead atoms. The molecule has 0 saturated carbocycles. The Balaban J connectivity index is 1.80. The number of esters is 4. The number of cyclic esters (lactones) is 2. The lowest BCUT2D eigenvalue weighted by Crippen LogP contribution is -2.50. The molecule has 0 aliphatic carbocycles. The van der Waals surface area contributed by atoms with E-state index in [0.717, 1.165) is 10.5 Å². The molecular weight excluding hydrogens is 1130 g/mol. The van der Waals surface area contributed by atoms with Crippen molar-refractivity contribution in [2.45, 2.75) is 163 Å². The fraction of sp³-hybridized carbons (Fsp3) is 0.647. The number of carboxylic acid groups (broad SMARTS) is 3. The van der Waals surface area contributed by atoms with Gasteiger partial charge in [-0.3, -0.25) is 62.4 Å². The normalized spacial score (nSPS) is 19.8. The van der Waals surface area contributed by atoms with Crippen molar-refractivity contribution in [2.75, 3.05) is 19.7 Å². The Hall–Kier alpha value is -7.12. The first-order chi connectivity index (χ1) is 40.5. The number of carbonyl (C=O) groups is 12. The second-order valence-electron chi connectivity index (χ2n) is 28.9. The summed E-state index contributed by atoms with van der Waals surface area (Å²) in [6.07, 6.45) is -1.70. The van der Waals surface area contributed by atoms with Gasteiger partial charge in [-0.25, -0.2) is 0 Å². The Morgan fingerprint density at radius 2 is 1.06 bits per heavy atom. The summed E-state index contributed by atoms with van der Waals surface area (Å²) in [5.41, 5.74) is -5.46. The Morgan fingerprint density at radius 1 is 0.591 bits per heavy atom. The predicted molar refractivity (Wildman–Crippen MR) is 325 cm³/mol. The van der Waals surface area contributed by atoms with E-state index in [1.165, 1.54) is 52.0 Å². The van der Waals surface area contributed by atoms with Crippen LogP contribution in [0.15, 0.2) is 48.5 Å². The summed E-state index contributed by atoms with van der Waals surface area (Å²) in [6, 6.07) is 12.3. The van der Waals surface area contributed by atoms with Gasteiger partial charge in [-0.1, -0.05) is 147 Å². The van der Waals surface area contributed by atoms with Crippen molar-refractivity contribution >= 4 is 71.1 Å². The topological polar surface area (TPSA) is 308 Å². The quantitative estimate of drug-likeness (QED) is 0.0170. The monoisotopic (exact) mass is 1230 g/mol. The number of carbonyl (C=O) groups excluding carboxylic acids is 9. The Kier molecular flexibility index (Phi) is 24.2. The van der Waals surface area contributed by atoms with Crippen LogP contribution in [0.1, 0.15) is 183 Å². The van der Waals surface area contributed by atoms with Crippen LogP contribution in [0.5, 0.6) is 5.75 Å². The second-order valence-corrected chi connectivity index (χ2v) is 28.9. The minimum atomic E-state index is -1.74. The van der Waals surface area contributed by atoms with Crippen molar-refractivity contribution < 1.29 is 87.1 Å². The molecule has 2 saturated heterocycles. The number of Topliss-reactive ketones (excluding diaryl/α,β-unsaturated/α-hetero) is 2. The fourth-order valence-electron chi connectivity index (χ4n) is 13.8. The minimum absolute atomic E-state index is 0.0330. The number of hydrogen-bond donors (Lipinski definition) is 4. The molecule has 2 aromatic carbocycles. The average molecular weight is 1230 g/mol. The van der Waals surface area contributed by atoms with Crippen LogP contribution in [-0.4, -0.2) is 111 Å². The Bertz CT molecular complexity index is 2950. The van der Waals surface area contributed by atoms with Gasteiger partial charge >= 0.3 is 41.8 Å². The lowest BCUT2D eigenvalue weighted by molar-refractivity contribution is -0.169. The number of nitrogens with zero attached hydrogens (tertiary/aromatic N) is 1. The lowest BCUT2D eigenvalue weighted by Gasteiger charge is -2.45. The molecule has 0 radical (unpaired) electrons. The molecule has 2 aromatic rings. The summed E-state index contributed by atoms with van der Waals surface area (Å²) >= 11 is 0. The number of ketones is 2. The molecule has 0 aromatic heterocycles. The van der Waals surface area contributed by atoms with E-state index in [-0.39, 0.29) is 67.9 Å². The van der Waals surface area contributed by atoms with Crippen LogP contribution in [0.25, 0.3) is 0 Å². The fourth-order valence-corrected chi connectivity index (χ4v) is 13.8. The highest BCUT2D eigenvalue weighted by Gasteiger charge is 2.60. The van der Waals surface area contributed by atoms with E-state index in [1.807, 2.05) is 20.8 Å². The van der Waals surface area contributed by atoms with Crippen LogP contribution < -0.4 is 10.1 Å². The lowest BCUT2D eigenvalue weighted by atomic mass is 9.57. The van der Waals surface area contributed by atoms with Gasteiger partial charge in [0, 0.05) is 24.2 Å². The maximum atomic E-state index is 15.1. The largest absolute Gasteiger partial charge is 0.481 e. The number of ether oxygens (including phenoxy) is 3. The first-order valence-corrected chi connectivity index (χ1v) is 30.7. The smallest absolute Gasteiger partial charge is 0.318 e. The van der Waals surface area contributed by atoms with Gasteiger partial charge in [0.15, 0.2) is 11.6 Å². The molecule has 0 spiro atoms. The molecular formula is C68H96N2O18. The van der Waals surface area contributed by atoms with Gasteiger partial charge in [-0.2, -0.15) is 0 Å². The van der Waals surface area contributed by atoms with Crippen LogP contribution in [0, 0.1) is 105 Å². The van der Waals surface area contributed by atoms with E-state index in [2.05, 4.69) is 5.32 Å². The van der Waals surface area contributed by atoms with Crippen molar-refractivity contribution in [3.05, 3.63) is 65.2 Å². The highest BCUT2D eigenvalue weighted by atomic mass is 16.6. The van der Waals surface area contributed by atoms with Crippen LogP contribution >= 0.6 is 0 Å². The first kappa shape index (κ1) is 73.4. The van der Waals surface area contributed by atoms with Gasteiger partial charge in [0.2, 0.25) is 17.7 Å². The zero-order valence-electron chi connectivity index (χ0n) is 54.8. The van der Waals surface area contributed by atoms with Gasteiger partial charge in [-0.05, 0) is 103 Å². The number of benzene rings is 2. The molecule has 20 nitrogen and oxygen atoms in total. The number of hydrogen-bond acceptors (Lipinski definition) is 15. The van der Waals surface area contributed by atoms with Gasteiger partial charge in [0.05, 0.1) is 72.2 Å². The Labute approximate surface area is 518 Å². The first-order valence-electron chi connectivity index (χ1n) is 30.7. The number of imide groups is 1. The van der Waals surface area contributed by atoms with E-state index in [0.29, 0.717) is 5.56 Å². The van der Waals surface area contributed by atoms with Crippen LogP contribution in [0.2, 0.25) is 0 Å². The third-order valence-corrected chi connectivity index (χ3v) is 18.5. The van der Waals surface area contributed by atoms with Crippen molar-refractivity contribution in [3.63, 3.8) is 0 Å². The van der Waals surface area contributed by atoms with Crippen molar-refractivity contribution in [1.29, 1.82) is 0 Å². The van der Waals surface area contributed by atoms with E-state index >= 15 is 9.59 Å². The molecule has 2 aliphatic rings. The number of aryl methyl sites for hydroxylation is 1. The summed E-state index contributed by atoms with van der Waals surface area (Å²) in [4.78, 5) is 169. The molecule has 486 valence electrons. The third-order valence-electron chi connectivity index (χ3n) is 18.5. The molecule has 20 heteroatoms. The third kappa shape index (κ3) is 17.4. The standard InChI is InChI=1S/C68H96N2O18/c1-19-64(9,10)53(63(85)87-42-27-25-41(26-28-42)48(72)29-47(71)40-23-21-38(7)22-24-40)46(59(80)81)33-68(17,18)52(61(83)86-20-2)45(58(78)79)32-67(15,16)51-43(55(74)70(56(51)75)35-37(5)6)30-66(13,14)50(54(73)69-34-36(3)4)44(57(76)77)31-65(11,12)49-39(8)60(82)88-62(49)84/h21-28,36-37,39,43-46,49-53H,19-20,29-35H2,1-18H3,(H,69,73)(H,76,77)(H,78,79)(H,80,81). The molecule has 2 heterocycles. The molecule has 4 rings (SSSR count). The highest BCUT2D eigenvalue weighted by Crippen LogP contribution is 2.55. The summed E-state index contributed by atoms with van der Waals surface area (Å²) in [5, 5.41) is 36.6. The van der Waals surface area contributed by atoms with Crippen LogP contribution in [0.3, 0.4) is 0 Å². The van der Waals surface area contributed by atoms with E-state index < -0.39 is 171 Å². The molecule has 3 amide bonds. The SMILES string of the molecule is CCOC(=O)C(C(CC(C)(C)C1C(=O)N(CC(C)C)C(=O)C1CC(C)(C)C(C(=O)NCC(C)C)C(CC(C)(C)C1C(=O)OC(=O)C1C)C(=O)O)C(=O)O)C(C)(C)CC(C(=O)O)C(C(=O)Oc1ccc(C(=O)CC(=O)c2ccc(C)cc2)cc1)C(C)(C)CC. The summed E-state index contributed by atoms with van der Waals surface area (Å²) < 4.78 is 16.4. The average Bonchev–Trinajstić information content (AvgIpc) is 1.49. The predicted octanol–water partition coefficient (Wildman–Crippen LogP) is 10.3. The van der Waals surface area contributed by atoms with Gasteiger partial charge in [0.25, 0.3) is 0 Å². The van der Waals surface area contributed by atoms with Gasteiger partial charge in [0.1, 0.15) is 5.75 Å². The maximum Gasteiger partial charge on any atom is 0.318 e. The summed E-state index contributed by atoms with van der Waals surface area (Å²) in [5.74, 6) is -25.1. The summed E-state index contributed by atoms with van der Waals surface area (Å²) in [6.45, 7) is 29.9. The van der Waals surface area contributed by atoms with Crippen molar-refractivity contribution in [3.8, 4) is 5.75 Å². The Morgan fingerprint density at radius 3 is 1.50 bits per heavy atom. The number of rotatable bonds is 33. The molecule has 2 aliphatic heterocycles. The number of carboxylic acids is 3. The maximum absolute atomic E-state index is 15.1. The molecule has 2 fully saturated rings. The van der Waals surface area contributed by atoms with Crippen molar-refractivity contribution in [2.24, 2.45) is 98.1 Å². The molecule has 88 heavy (non-hydrogen) atoms. The summed E-state index contributed by atoms with van der Waals surface area (Å²) in [7, 11) is 0. The molecule has 10 unspecified atom stereocenters. The van der Waals surface area contributed by atoms with E-state index in [4.69, 9.17) is 14.2 Å². The number of nitrogens with one attached hydrogen (secondary N) is 1.